The lowest BCUT2D eigenvalue weighted by Crippen LogP contribution is -2.17. The van der Waals surface area contributed by atoms with E-state index in [0.717, 1.165) is 32.2 Å². The van der Waals surface area contributed by atoms with Crippen LogP contribution >= 0.6 is 43.5 Å². The Balaban J connectivity index is 2.15. The Bertz CT molecular complexity index is 612. The fourth-order valence-electron chi connectivity index (χ4n) is 1.91. The van der Waals surface area contributed by atoms with Crippen molar-refractivity contribution >= 4 is 43.5 Å². The molecule has 0 aliphatic heterocycles. The zero-order chi connectivity index (χ0) is 15.4. The molecule has 112 valence electrons. The quantitative estimate of drug-likeness (QED) is 0.740. The number of rotatable bonds is 5. The van der Waals surface area contributed by atoms with Crippen molar-refractivity contribution in [2.75, 3.05) is 0 Å². The average molecular weight is 435 g/mol. The van der Waals surface area contributed by atoms with E-state index in [-0.39, 0.29) is 6.04 Å². The van der Waals surface area contributed by atoms with Gasteiger partial charge in [0, 0.05) is 24.0 Å². The molecule has 21 heavy (non-hydrogen) atoms. The van der Waals surface area contributed by atoms with Crippen LogP contribution in [-0.4, -0.2) is 11.0 Å². The van der Waals surface area contributed by atoms with Gasteiger partial charge < -0.3 is 10.5 Å². The van der Waals surface area contributed by atoms with Crippen molar-refractivity contribution in [2.45, 2.75) is 26.0 Å². The number of halogens is 3. The van der Waals surface area contributed by atoms with Crippen LogP contribution in [-0.2, 0) is 13.0 Å². The van der Waals surface area contributed by atoms with Crippen molar-refractivity contribution in [1.29, 1.82) is 0 Å². The van der Waals surface area contributed by atoms with Crippen molar-refractivity contribution in [2.24, 2.45) is 5.73 Å². The van der Waals surface area contributed by atoms with E-state index in [2.05, 4.69) is 36.8 Å². The molecule has 1 unspecified atom stereocenters. The van der Waals surface area contributed by atoms with E-state index in [4.69, 9.17) is 22.1 Å². The predicted molar refractivity (Wildman–Crippen MR) is 92.8 cm³/mol. The van der Waals surface area contributed by atoms with E-state index in [1.807, 2.05) is 25.1 Å². The Hall–Kier alpha value is -0.620. The molecule has 0 saturated heterocycles. The van der Waals surface area contributed by atoms with E-state index < -0.39 is 0 Å². The van der Waals surface area contributed by atoms with Gasteiger partial charge in [0.25, 0.3) is 0 Å². The first-order chi connectivity index (χ1) is 9.97. The number of hydrogen-bond donors (Lipinski definition) is 1. The van der Waals surface area contributed by atoms with Crippen molar-refractivity contribution < 1.29 is 4.74 Å². The van der Waals surface area contributed by atoms with E-state index in [1.165, 1.54) is 0 Å². The third-order valence-electron chi connectivity index (χ3n) is 2.84. The number of pyridine rings is 1. The summed E-state index contributed by atoms with van der Waals surface area (Å²) in [5.41, 5.74) is 7.88. The van der Waals surface area contributed by atoms with Gasteiger partial charge in [-0.25, -0.2) is 0 Å². The topological polar surface area (TPSA) is 48.1 Å². The summed E-state index contributed by atoms with van der Waals surface area (Å²) in [6.07, 6.45) is 4.12. The summed E-state index contributed by atoms with van der Waals surface area (Å²) in [4.78, 5) is 3.96. The molecule has 0 fully saturated rings. The molecule has 0 spiro atoms. The number of nitrogens with two attached hydrogens (primary N) is 1. The van der Waals surface area contributed by atoms with Crippen molar-refractivity contribution in [3.05, 3.63) is 55.7 Å². The molecule has 0 saturated carbocycles. The normalized spacial score (nSPS) is 12.2. The molecule has 0 aliphatic carbocycles. The van der Waals surface area contributed by atoms with Gasteiger partial charge in [-0.2, -0.15) is 0 Å². The van der Waals surface area contributed by atoms with Gasteiger partial charge >= 0.3 is 0 Å². The summed E-state index contributed by atoms with van der Waals surface area (Å²) in [5.74, 6) is 0.747. The van der Waals surface area contributed by atoms with Crippen LogP contribution in [0.4, 0.5) is 0 Å². The van der Waals surface area contributed by atoms with Gasteiger partial charge in [-0.15, -0.1) is 0 Å². The molecular weight excluding hydrogens is 419 g/mol. The smallest absolute Gasteiger partial charge is 0.148 e. The molecule has 0 amide bonds. The molecule has 2 N–H and O–H groups in total. The van der Waals surface area contributed by atoms with Gasteiger partial charge in [-0.05, 0) is 69.0 Å². The summed E-state index contributed by atoms with van der Waals surface area (Å²) in [7, 11) is 0. The first kappa shape index (κ1) is 16.7. The largest absolute Gasteiger partial charge is 0.486 e. The third kappa shape index (κ3) is 4.68. The molecule has 0 bridgehead atoms. The van der Waals surface area contributed by atoms with Crippen molar-refractivity contribution in [3.63, 3.8) is 0 Å². The Morgan fingerprint density at radius 3 is 2.57 bits per heavy atom. The van der Waals surface area contributed by atoms with Crippen LogP contribution in [0.1, 0.15) is 18.1 Å². The maximum atomic E-state index is 6.07. The Morgan fingerprint density at radius 1 is 1.33 bits per heavy atom. The van der Waals surface area contributed by atoms with Crippen molar-refractivity contribution in [1.82, 2.24) is 4.98 Å². The molecule has 2 rings (SSSR count). The van der Waals surface area contributed by atoms with Gasteiger partial charge in [-0.1, -0.05) is 11.6 Å². The summed E-state index contributed by atoms with van der Waals surface area (Å²) in [6.45, 7) is 2.36. The van der Waals surface area contributed by atoms with Gasteiger partial charge in [0.05, 0.1) is 14.0 Å². The van der Waals surface area contributed by atoms with Crippen LogP contribution < -0.4 is 10.5 Å². The van der Waals surface area contributed by atoms with Gasteiger partial charge in [0.15, 0.2) is 0 Å². The highest BCUT2D eigenvalue weighted by molar-refractivity contribution is 9.11. The fourth-order valence-corrected chi connectivity index (χ4v) is 3.59. The lowest BCUT2D eigenvalue weighted by Gasteiger charge is -2.14. The SMILES string of the molecule is CC(N)Cc1cc(Br)c(OCc2ccncc2Cl)c(Br)c1. The van der Waals surface area contributed by atoms with Gasteiger partial charge in [-0.3, -0.25) is 4.98 Å². The van der Waals surface area contributed by atoms with Crippen LogP contribution in [0.5, 0.6) is 5.75 Å². The summed E-state index contributed by atoms with van der Waals surface area (Å²) < 4.78 is 7.63. The highest BCUT2D eigenvalue weighted by Crippen LogP contribution is 2.36. The van der Waals surface area contributed by atoms with E-state index in [0.29, 0.717) is 11.6 Å². The van der Waals surface area contributed by atoms with E-state index in [9.17, 15) is 0 Å². The summed E-state index contributed by atoms with van der Waals surface area (Å²) in [5, 5.41) is 0.596. The molecule has 1 atom stereocenters. The van der Waals surface area contributed by atoms with Crippen LogP contribution in [0.25, 0.3) is 0 Å². The molecular formula is C15H15Br2ClN2O. The third-order valence-corrected chi connectivity index (χ3v) is 4.36. The standard InChI is InChI=1S/C15H15Br2ClN2O/c1-9(19)4-10-5-12(16)15(13(17)6-10)21-8-11-2-3-20-7-14(11)18/h2-3,5-7,9H,4,8,19H2,1H3. The minimum Gasteiger partial charge on any atom is -0.486 e. The molecule has 1 heterocycles. The van der Waals surface area contributed by atoms with E-state index in [1.54, 1.807) is 12.4 Å². The zero-order valence-corrected chi connectivity index (χ0v) is 15.4. The zero-order valence-electron chi connectivity index (χ0n) is 11.4. The minimum atomic E-state index is 0.117. The average Bonchev–Trinajstić information content (AvgIpc) is 2.39. The molecule has 6 heteroatoms. The molecule has 0 aliphatic rings. The lowest BCUT2D eigenvalue weighted by molar-refractivity contribution is 0.302. The first-order valence-corrected chi connectivity index (χ1v) is 8.38. The number of hydrogen-bond acceptors (Lipinski definition) is 3. The summed E-state index contributed by atoms with van der Waals surface area (Å²) in [6, 6.07) is 6.01. The summed E-state index contributed by atoms with van der Waals surface area (Å²) >= 11 is 13.2. The number of ether oxygens (including phenoxy) is 1. The van der Waals surface area contributed by atoms with Crippen LogP contribution in [0.15, 0.2) is 39.5 Å². The van der Waals surface area contributed by atoms with Crippen molar-refractivity contribution in [3.8, 4) is 5.75 Å². The van der Waals surface area contributed by atoms with Crippen LogP contribution in [0.3, 0.4) is 0 Å². The Morgan fingerprint density at radius 2 is 2.00 bits per heavy atom. The number of benzene rings is 1. The highest BCUT2D eigenvalue weighted by Gasteiger charge is 2.11. The number of nitrogens with zero attached hydrogens (tertiary/aromatic N) is 1. The van der Waals surface area contributed by atoms with Crippen LogP contribution in [0, 0.1) is 0 Å². The highest BCUT2D eigenvalue weighted by atomic mass is 79.9. The second-order valence-electron chi connectivity index (χ2n) is 4.83. The monoisotopic (exact) mass is 432 g/mol. The molecule has 1 aromatic carbocycles. The molecule has 3 nitrogen and oxygen atoms in total. The minimum absolute atomic E-state index is 0.117. The fraction of sp³-hybridized carbons (Fsp3) is 0.267. The van der Waals surface area contributed by atoms with Gasteiger partial charge in [0.2, 0.25) is 0 Å². The second kappa shape index (κ2) is 7.58. The maximum absolute atomic E-state index is 6.07. The molecule has 2 aromatic rings. The second-order valence-corrected chi connectivity index (χ2v) is 6.94. The first-order valence-electron chi connectivity index (χ1n) is 6.42. The maximum Gasteiger partial charge on any atom is 0.148 e. The molecule has 1 aromatic heterocycles. The predicted octanol–water partition coefficient (Wildman–Crippen LogP) is 4.73. The number of aromatic nitrogens is 1. The van der Waals surface area contributed by atoms with Gasteiger partial charge in [0.1, 0.15) is 12.4 Å². The van der Waals surface area contributed by atoms with E-state index >= 15 is 0 Å². The Labute approximate surface area is 146 Å². The van der Waals surface area contributed by atoms with Crippen LogP contribution in [0.2, 0.25) is 5.02 Å². The molecule has 0 radical (unpaired) electrons. The Kier molecular flexibility index (Phi) is 6.05. The lowest BCUT2D eigenvalue weighted by atomic mass is 10.1.